The number of hydrogen-bond donors (Lipinski definition) is 1. The van der Waals surface area contributed by atoms with Crippen molar-refractivity contribution in [3.8, 4) is 0 Å². The van der Waals surface area contributed by atoms with Crippen LogP contribution in [0.25, 0.3) is 0 Å². The first-order valence-electron chi connectivity index (χ1n) is 9.11. The second-order valence-corrected chi connectivity index (χ2v) is 7.00. The Bertz CT molecular complexity index is 549. The van der Waals surface area contributed by atoms with Crippen LogP contribution in [0.3, 0.4) is 0 Å². The number of carbonyl (C=O) groups is 1. The minimum atomic E-state index is 0.00783. The third-order valence-electron chi connectivity index (χ3n) is 4.86. The monoisotopic (exact) mass is 347 g/mol. The molecule has 3 heterocycles. The fourth-order valence-corrected chi connectivity index (χ4v) is 3.29. The largest absolute Gasteiger partial charge is 0.377 e. The molecule has 2 aliphatic heterocycles. The van der Waals surface area contributed by atoms with E-state index in [2.05, 4.69) is 15.2 Å². The minimum Gasteiger partial charge on any atom is -0.377 e. The third kappa shape index (κ3) is 5.06. The van der Waals surface area contributed by atoms with Crippen LogP contribution in [0.2, 0.25) is 0 Å². The van der Waals surface area contributed by atoms with Gasteiger partial charge in [-0.15, -0.1) is 0 Å². The number of carbonyl (C=O) groups excluding carboxylic acids is 1. The van der Waals surface area contributed by atoms with Gasteiger partial charge < -0.3 is 19.9 Å². The first-order valence-corrected chi connectivity index (χ1v) is 9.11. The van der Waals surface area contributed by atoms with Crippen molar-refractivity contribution in [1.82, 2.24) is 20.1 Å². The SMILES string of the molecule is CN(C)c1ccc(CNC(=O)N2CCN(C[C@@H]3CCCO3)CC2)cn1. The summed E-state index contributed by atoms with van der Waals surface area (Å²) in [5.41, 5.74) is 1.01. The number of rotatable bonds is 5. The van der Waals surface area contributed by atoms with E-state index in [1.54, 1.807) is 0 Å². The van der Waals surface area contributed by atoms with Gasteiger partial charge in [-0.25, -0.2) is 9.78 Å². The highest BCUT2D eigenvalue weighted by molar-refractivity contribution is 5.74. The second kappa shape index (κ2) is 8.49. The quantitative estimate of drug-likeness (QED) is 0.866. The van der Waals surface area contributed by atoms with Crippen LogP contribution in [0, 0.1) is 0 Å². The van der Waals surface area contributed by atoms with Crippen LogP contribution in [0.15, 0.2) is 18.3 Å². The number of anilines is 1. The maximum absolute atomic E-state index is 12.3. The molecule has 1 aromatic rings. The standard InChI is InChI=1S/C18H29N5O2/c1-21(2)17-6-5-15(12-19-17)13-20-18(24)23-9-7-22(8-10-23)14-16-4-3-11-25-16/h5-6,12,16H,3-4,7-11,13-14H2,1-2H3,(H,20,24)/t16-/m0/s1. The van der Waals surface area contributed by atoms with E-state index in [4.69, 9.17) is 4.74 Å². The molecule has 0 radical (unpaired) electrons. The van der Waals surface area contributed by atoms with Crippen LogP contribution < -0.4 is 10.2 Å². The fraction of sp³-hybridized carbons (Fsp3) is 0.667. The Labute approximate surface area is 149 Å². The Balaban J connectivity index is 1.38. The molecule has 0 unspecified atom stereocenters. The molecule has 0 bridgehead atoms. The second-order valence-electron chi connectivity index (χ2n) is 7.00. The Morgan fingerprint density at radius 3 is 2.72 bits per heavy atom. The molecule has 1 atom stereocenters. The molecule has 2 aliphatic rings. The van der Waals surface area contributed by atoms with E-state index in [1.807, 2.05) is 42.2 Å². The van der Waals surface area contributed by atoms with Gasteiger partial charge in [0.05, 0.1) is 6.10 Å². The first kappa shape index (κ1) is 17.9. The van der Waals surface area contributed by atoms with Crippen molar-refractivity contribution >= 4 is 11.8 Å². The Morgan fingerprint density at radius 1 is 1.32 bits per heavy atom. The molecule has 1 aromatic heterocycles. The van der Waals surface area contributed by atoms with Crippen molar-refractivity contribution in [2.75, 3.05) is 58.3 Å². The molecule has 25 heavy (non-hydrogen) atoms. The number of ether oxygens (including phenoxy) is 1. The first-order chi connectivity index (χ1) is 12.1. The highest BCUT2D eigenvalue weighted by Gasteiger charge is 2.24. The van der Waals surface area contributed by atoms with Crippen molar-refractivity contribution < 1.29 is 9.53 Å². The molecule has 7 heteroatoms. The lowest BCUT2D eigenvalue weighted by atomic mass is 10.2. The van der Waals surface area contributed by atoms with E-state index in [9.17, 15) is 4.79 Å². The molecular weight excluding hydrogens is 318 g/mol. The molecule has 138 valence electrons. The Hall–Kier alpha value is -1.86. The molecule has 2 amide bonds. The van der Waals surface area contributed by atoms with Gasteiger partial charge in [-0.3, -0.25) is 4.90 Å². The van der Waals surface area contributed by atoms with Crippen molar-refractivity contribution in [3.63, 3.8) is 0 Å². The number of hydrogen-bond acceptors (Lipinski definition) is 5. The van der Waals surface area contributed by atoms with Crippen LogP contribution in [-0.2, 0) is 11.3 Å². The summed E-state index contributed by atoms with van der Waals surface area (Å²) in [6, 6.07) is 3.97. The van der Waals surface area contributed by atoms with Gasteiger partial charge in [0.15, 0.2) is 0 Å². The van der Waals surface area contributed by atoms with Gasteiger partial charge in [0, 0.05) is 66.2 Å². The summed E-state index contributed by atoms with van der Waals surface area (Å²) in [5, 5.41) is 3.00. The maximum Gasteiger partial charge on any atom is 0.317 e. The lowest BCUT2D eigenvalue weighted by Crippen LogP contribution is -2.52. The number of amides is 2. The van der Waals surface area contributed by atoms with E-state index >= 15 is 0 Å². The van der Waals surface area contributed by atoms with E-state index in [1.165, 1.54) is 12.8 Å². The molecule has 7 nitrogen and oxygen atoms in total. The Morgan fingerprint density at radius 2 is 2.12 bits per heavy atom. The highest BCUT2D eigenvalue weighted by Crippen LogP contribution is 2.14. The summed E-state index contributed by atoms with van der Waals surface area (Å²) in [6.07, 6.45) is 4.55. The number of piperazine rings is 1. The number of urea groups is 1. The summed E-state index contributed by atoms with van der Waals surface area (Å²) in [7, 11) is 3.92. The van der Waals surface area contributed by atoms with Gasteiger partial charge in [0.2, 0.25) is 0 Å². The van der Waals surface area contributed by atoms with E-state index in [0.717, 1.165) is 50.7 Å². The van der Waals surface area contributed by atoms with E-state index < -0.39 is 0 Å². The maximum atomic E-state index is 12.3. The molecule has 0 aromatic carbocycles. The predicted octanol–water partition coefficient (Wildman–Crippen LogP) is 1.15. The Kier molecular flexibility index (Phi) is 6.09. The number of nitrogens with zero attached hydrogens (tertiary/aromatic N) is 4. The molecule has 0 saturated carbocycles. The van der Waals surface area contributed by atoms with E-state index in [0.29, 0.717) is 12.6 Å². The number of aromatic nitrogens is 1. The molecule has 3 rings (SSSR count). The van der Waals surface area contributed by atoms with Crippen LogP contribution in [-0.4, -0.2) is 80.3 Å². The van der Waals surface area contributed by atoms with Crippen LogP contribution >= 0.6 is 0 Å². The summed E-state index contributed by atoms with van der Waals surface area (Å²) < 4.78 is 5.70. The summed E-state index contributed by atoms with van der Waals surface area (Å²) in [4.78, 5) is 23.0. The fourth-order valence-electron chi connectivity index (χ4n) is 3.29. The smallest absolute Gasteiger partial charge is 0.317 e. The zero-order valence-corrected chi connectivity index (χ0v) is 15.3. The van der Waals surface area contributed by atoms with Crippen molar-refractivity contribution in [3.05, 3.63) is 23.9 Å². The van der Waals surface area contributed by atoms with Gasteiger partial charge in [0.25, 0.3) is 0 Å². The molecule has 2 fully saturated rings. The molecule has 2 saturated heterocycles. The summed E-state index contributed by atoms with van der Waals surface area (Å²) in [6.45, 7) is 5.80. The molecular formula is C18H29N5O2. The predicted molar refractivity (Wildman–Crippen MR) is 97.8 cm³/mol. The van der Waals surface area contributed by atoms with Crippen LogP contribution in [0.4, 0.5) is 10.6 Å². The molecule has 0 spiro atoms. The summed E-state index contributed by atoms with van der Waals surface area (Å²) in [5.74, 6) is 0.914. The normalized spacial score (nSPS) is 21.4. The third-order valence-corrected chi connectivity index (χ3v) is 4.86. The van der Waals surface area contributed by atoms with E-state index in [-0.39, 0.29) is 6.03 Å². The summed E-state index contributed by atoms with van der Waals surface area (Å²) >= 11 is 0. The van der Waals surface area contributed by atoms with Gasteiger partial charge in [0.1, 0.15) is 5.82 Å². The lowest BCUT2D eigenvalue weighted by molar-refractivity contribution is 0.0561. The topological polar surface area (TPSA) is 60.9 Å². The number of pyridine rings is 1. The molecule has 0 aliphatic carbocycles. The molecule has 1 N–H and O–H groups in total. The van der Waals surface area contributed by atoms with Crippen LogP contribution in [0.5, 0.6) is 0 Å². The zero-order valence-electron chi connectivity index (χ0n) is 15.3. The van der Waals surface area contributed by atoms with Gasteiger partial charge in [-0.2, -0.15) is 0 Å². The van der Waals surface area contributed by atoms with Gasteiger partial charge >= 0.3 is 6.03 Å². The van der Waals surface area contributed by atoms with Crippen molar-refractivity contribution in [1.29, 1.82) is 0 Å². The minimum absolute atomic E-state index is 0.00783. The lowest BCUT2D eigenvalue weighted by Gasteiger charge is -2.35. The van der Waals surface area contributed by atoms with Gasteiger partial charge in [-0.05, 0) is 24.5 Å². The average molecular weight is 347 g/mol. The number of nitrogens with one attached hydrogen (secondary N) is 1. The van der Waals surface area contributed by atoms with Crippen molar-refractivity contribution in [2.45, 2.75) is 25.5 Å². The van der Waals surface area contributed by atoms with Gasteiger partial charge in [-0.1, -0.05) is 6.07 Å². The van der Waals surface area contributed by atoms with Crippen molar-refractivity contribution in [2.24, 2.45) is 0 Å². The highest BCUT2D eigenvalue weighted by atomic mass is 16.5. The van der Waals surface area contributed by atoms with Crippen LogP contribution in [0.1, 0.15) is 18.4 Å². The zero-order chi connectivity index (χ0) is 17.6. The average Bonchev–Trinajstić information content (AvgIpc) is 3.13.